The summed E-state index contributed by atoms with van der Waals surface area (Å²) < 4.78 is 25.3. The lowest BCUT2D eigenvalue weighted by Gasteiger charge is -2.14. The number of hydrogen-bond donors (Lipinski definition) is 0. The fraction of sp³-hybridized carbons (Fsp3) is 0.120. The number of benzene rings is 3. The van der Waals surface area contributed by atoms with Crippen LogP contribution >= 0.6 is 23.4 Å². The maximum absolute atomic E-state index is 14.1. The molecule has 0 aromatic heterocycles. The highest BCUT2D eigenvalue weighted by Crippen LogP contribution is 2.36. The van der Waals surface area contributed by atoms with Crippen molar-refractivity contribution in [3.63, 3.8) is 0 Å². The number of thioether (sulfide) groups is 1. The number of nitrogens with zero attached hydrogens (tertiary/aromatic N) is 2. The Morgan fingerprint density at radius 2 is 1.86 bits per heavy atom. The van der Waals surface area contributed by atoms with Crippen LogP contribution in [0.1, 0.15) is 16.7 Å². The van der Waals surface area contributed by atoms with Gasteiger partial charge in [0.05, 0.1) is 23.5 Å². The van der Waals surface area contributed by atoms with Crippen molar-refractivity contribution in [3.8, 4) is 11.5 Å². The second kappa shape index (κ2) is 10.8. The number of nitro groups is 1. The highest BCUT2D eigenvalue weighted by atomic mass is 35.5. The number of non-ortho nitro benzene ring substituents is 1. The Kier molecular flexibility index (Phi) is 7.56. The fourth-order valence-electron chi connectivity index (χ4n) is 3.40. The first-order valence-corrected chi connectivity index (χ1v) is 11.7. The number of imide groups is 1. The molecule has 0 bridgehead atoms. The molecule has 0 N–H and O–H groups in total. The Morgan fingerprint density at radius 1 is 1.11 bits per heavy atom. The zero-order valence-electron chi connectivity index (χ0n) is 18.8. The molecule has 11 heteroatoms. The Labute approximate surface area is 214 Å². The Bertz CT molecular complexity index is 1360. The zero-order chi connectivity index (χ0) is 25.8. The van der Waals surface area contributed by atoms with E-state index in [4.69, 9.17) is 21.1 Å². The smallest absolute Gasteiger partial charge is 0.293 e. The van der Waals surface area contributed by atoms with Crippen molar-refractivity contribution < 1.29 is 28.4 Å². The summed E-state index contributed by atoms with van der Waals surface area (Å²) in [4.78, 5) is 36.7. The standard InChI is InChI=1S/C25H18ClFN2O6S/c1-34-22-11-16(7-10-21(22)35-14-15-5-8-17(9-6-15)29(32)33)12-23-24(30)28(25(31)36-23)13-18-19(26)3-2-4-20(18)27/h2-12H,13-14H2,1H3. The first-order valence-electron chi connectivity index (χ1n) is 10.5. The predicted molar refractivity (Wildman–Crippen MR) is 133 cm³/mol. The number of halogens is 2. The molecule has 1 saturated heterocycles. The van der Waals surface area contributed by atoms with E-state index in [9.17, 15) is 24.1 Å². The van der Waals surface area contributed by atoms with E-state index in [1.165, 1.54) is 43.5 Å². The number of ether oxygens (including phenoxy) is 2. The van der Waals surface area contributed by atoms with E-state index in [1.54, 1.807) is 30.3 Å². The van der Waals surface area contributed by atoms with Crippen LogP contribution in [-0.4, -0.2) is 28.1 Å². The molecule has 0 saturated carbocycles. The average Bonchev–Trinajstić information content (AvgIpc) is 3.12. The monoisotopic (exact) mass is 528 g/mol. The van der Waals surface area contributed by atoms with Crippen molar-refractivity contribution in [1.29, 1.82) is 0 Å². The van der Waals surface area contributed by atoms with E-state index in [1.807, 2.05) is 0 Å². The molecule has 0 radical (unpaired) electrons. The minimum absolute atomic E-state index is 0.0119. The van der Waals surface area contributed by atoms with Gasteiger partial charge < -0.3 is 9.47 Å². The number of carbonyl (C=O) groups is 2. The summed E-state index contributed by atoms with van der Waals surface area (Å²) in [5.41, 5.74) is 1.38. The largest absolute Gasteiger partial charge is 0.493 e. The second-order valence-corrected chi connectivity index (χ2v) is 8.99. The molecule has 1 fully saturated rings. The number of rotatable bonds is 8. The van der Waals surface area contributed by atoms with Crippen LogP contribution < -0.4 is 9.47 Å². The molecule has 0 atom stereocenters. The van der Waals surface area contributed by atoms with Crippen molar-refractivity contribution in [2.24, 2.45) is 0 Å². The van der Waals surface area contributed by atoms with E-state index < -0.39 is 21.9 Å². The molecule has 1 aliphatic rings. The van der Waals surface area contributed by atoms with Crippen LogP contribution in [0, 0.1) is 15.9 Å². The van der Waals surface area contributed by atoms with Crippen LogP contribution in [0.5, 0.6) is 11.5 Å². The van der Waals surface area contributed by atoms with Gasteiger partial charge in [-0.15, -0.1) is 0 Å². The summed E-state index contributed by atoms with van der Waals surface area (Å²) in [6, 6.07) is 15.1. The molecule has 1 heterocycles. The first kappa shape index (κ1) is 25.2. The molecule has 2 amide bonds. The minimum Gasteiger partial charge on any atom is -0.493 e. The van der Waals surface area contributed by atoms with Crippen molar-refractivity contribution in [1.82, 2.24) is 4.90 Å². The highest BCUT2D eigenvalue weighted by molar-refractivity contribution is 8.18. The van der Waals surface area contributed by atoms with Gasteiger partial charge in [-0.05, 0) is 65.4 Å². The maximum atomic E-state index is 14.1. The van der Waals surface area contributed by atoms with Crippen LogP contribution in [0.15, 0.2) is 65.6 Å². The van der Waals surface area contributed by atoms with Crippen molar-refractivity contribution in [2.75, 3.05) is 7.11 Å². The van der Waals surface area contributed by atoms with Gasteiger partial charge in [0.15, 0.2) is 11.5 Å². The van der Waals surface area contributed by atoms with Crippen molar-refractivity contribution >= 4 is 46.3 Å². The number of nitro benzene ring substituents is 1. The first-order chi connectivity index (χ1) is 17.3. The zero-order valence-corrected chi connectivity index (χ0v) is 20.3. The molecule has 0 spiro atoms. The third kappa shape index (κ3) is 5.50. The van der Waals surface area contributed by atoms with Crippen LogP contribution in [-0.2, 0) is 17.9 Å². The van der Waals surface area contributed by atoms with Gasteiger partial charge in [-0.2, -0.15) is 0 Å². The van der Waals surface area contributed by atoms with Gasteiger partial charge in [-0.3, -0.25) is 24.6 Å². The summed E-state index contributed by atoms with van der Waals surface area (Å²) in [6.07, 6.45) is 1.54. The van der Waals surface area contributed by atoms with Crippen molar-refractivity contribution in [3.05, 3.63) is 103 Å². The summed E-state index contributed by atoms with van der Waals surface area (Å²) in [5, 5.41) is 10.4. The molecule has 3 aromatic carbocycles. The molecule has 3 aromatic rings. The number of hydrogen-bond acceptors (Lipinski definition) is 7. The van der Waals surface area contributed by atoms with Crippen LogP contribution in [0.25, 0.3) is 6.08 Å². The lowest BCUT2D eigenvalue weighted by Crippen LogP contribution is -2.28. The lowest BCUT2D eigenvalue weighted by molar-refractivity contribution is -0.384. The van der Waals surface area contributed by atoms with Gasteiger partial charge in [-0.25, -0.2) is 4.39 Å². The quantitative estimate of drug-likeness (QED) is 0.195. The van der Waals surface area contributed by atoms with Crippen LogP contribution in [0.2, 0.25) is 5.02 Å². The molecule has 1 aliphatic heterocycles. The summed E-state index contributed by atoms with van der Waals surface area (Å²) in [6.45, 7) is -0.114. The topological polar surface area (TPSA) is 99.0 Å². The van der Waals surface area contributed by atoms with Crippen molar-refractivity contribution in [2.45, 2.75) is 13.2 Å². The van der Waals surface area contributed by atoms with E-state index in [0.717, 1.165) is 22.2 Å². The van der Waals surface area contributed by atoms with Gasteiger partial charge >= 0.3 is 0 Å². The molecule has 4 rings (SSSR count). The normalized spacial score (nSPS) is 14.4. The molecule has 184 valence electrons. The van der Waals surface area contributed by atoms with E-state index in [-0.39, 0.29) is 34.3 Å². The molecular weight excluding hydrogens is 511 g/mol. The number of carbonyl (C=O) groups excluding carboxylic acids is 2. The Morgan fingerprint density at radius 3 is 2.53 bits per heavy atom. The number of methoxy groups -OCH3 is 1. The Hall–Kier alpha value is -3.89. The van der Waals surface area contributed by atoms with E-state index in [2.05, 4.69) is 0 Å². The summed E-state index contributed by atoms with van der Waals surface area (Å²) in [5.74, 6) is -0.334. The SMILES string of the molecule is COc1cc(C=C2SC(=O)N(Cc3c(F)cccc3Cl)C2=O)ccc1OCc1ccc([N+](=O)[O-])cc1. The van der Waals surface area contributed by atoms with E-state index in [0.29, 0.717) is 17.1 Å². The van der Waals surface area contributed by atoms with Gasteiger partial charge in [-0.1, -0.05) is 23.7 Å². The minimum atomic E-state index is -0.598. The van der Waals surface area contributed by atoms with E-state index >= 15 is 0 Å². The maximum Gasteiger partial charge on any atom is 0.293 e. The second-order valence-electron chi connectivity index (χ2n) is 7.59. The third-order valence-corrected chi connectivity index (χ3v) is 6.54. The fourth-order valence-corrected chi connectivity index (χ4v) is 4.46. The summed E-state index contributed by atoms with van der Waals surface area (Å²) >= 11 is 6.79. The van der Waals surface area contributed by atoms with Gasteiger partial charge in [0.2, 0.25) is 0 Å². The molecule has 36 heavy (non-hydrogen) atoms. The summed E-state index contributed by atoms with van der Waals surface area (Å²) in [7, 11) is 1.46. The van der Waals surface area contributed by atoms with Gasteiger partial charge in [0.25, 0.3) is 16.8 Å². The third-order valence-electron chi connectivity index (χ3n) is 5.28. The Balaban J connectivity index is 1.48. The van der Waals surface area contributed by atoms with Gasteiger partial charge in [0, 0.05) is 22.7 Å². The predicted octanol–water partition coefficient (Wildman–Crippen LogP) is 6.21. The van der Waals surface area contributed by atoms with Crippen LogP contribution in [0.4, 0.5) is 14.9 Å². The van der Waals surface area contributed by atoms with Crippen LogP contribution in [0.3, 0.4) is 0 Å². The molecule has 8 nitrogen and oxygen atoms in total. The molecule has 0 unspecified atom stereocenters. The highest BCUT2D eigenvalue weighted by Gasteiger charge is 2.36. The molecule has 0 aliphatic carbocycles. The van der Waals surface area contributed by atoms with Gasteiger partial charge in [0.1, 0.15) is 12.4 Å². The average molecular weight is 529 g/mol. The number of amides is 2. The molecular formula is C25H18ClFN2O6S. The lowest BCUT2D eigenvalue weighted by atomic mass is 10.1.